The van der Waals surface area contributed by atoms with Crippen LogP contribution in [-0.2, 0) is 4.79 Å². The molecule has 3 heteroatoms. The van der Waals surface area contributed by atoms with Gasteiger partial charge in [0.05, 0.1) is 0 Å². The third kappa shape index (κ3) is 3.44. The van der Waals surface area contributed by atoms with Gasteiger partial charge in [0.25, 0.3) is 0 Å². The highest BCUT2D eigenvalue weighted by Crippen LogP contribution is 2.30. The molecule has 1 N–H and O–H groups in total. The molecule has 76 valence electrons. The van der Waals surface area contributed by atoms with Crippen LogP contribution in [0.3, 0.4) is 0 Å². The van der Waals surface area contributed by atoms with Crippen molar-refractivity contribution in [2.75, 3.05) is 11.0 Å². The highest BCUT2D eigenvalue weighted by molar-refractivity contribution is 14.1. The number of nitrogens with one attached hydrogen (secondary N) is 1. The van der Waals surface area contributed by atoms with Crippen molar-refractivity contribution < 1.29 is 4.79 Å². The van der Waals surface area contributed by atoms with Crippen LogP contribution in [0.1, 0.15) is 32.6 Å². The van der Waals surface area contributed by atoms with Crippen LogP contribution in [0.2, 0.25) is 0 Å². The molecule has 0 saturated heterocycles. The van der Waals surface area contributed by atoms with E-state index in [0.29, 0.717) is 11.8 Å². The lowest BCUT2D eigenvalue weighted by molar-refractivity contribution is -0.125. The molecule has 1 aliphatic rings. The molecule has 0 aromatic carbocycles. The van der Waals surface area contributed by atoms with Gasteiger partial charge in [0, 0.05) is 16.9 Å². The lowest BCUT2D eigenvalue weighted by atomic mass is 9.97. The molecule has 0 aromatic heterocycles. The zero-order chi connectivity index (χ0) is 9.68. The van der Waals surface area contributed by atoms with Gasteiger partial charge in [0.15, 0.2) is 0 Å². The van der Waals surface area contributed by atoms with Gasteiger partial charge in [-0.1, -0.05) is 35.9 Å². The first kappa shape index (κ1) is 11.3. The van der Waals surface area contributed by atoms with Crippen LogP contribution in [-0.4, -0.2) is 16.9 Å². The first-order valence-corrected chi connectivity index (χ1v) is 6.62. The number of carbonyl (C=O) groups excluding carboxylic acids is 1. The van der Waals surface area contributed by atoms with Gasteiger partial charge in [0.2, 0.25) is 5.91 Å². The van der Waals surface area contributed by atoms with Gasteiger partial charge in [-0.3, -0.25) is 4.79 Å². The van der Waals surface area contributed by atoms with Gasteiger partial charge in [0.1, 0.15) is 0 Å². The Morgan fingerprint density at radius 1 is 1.54 bits per heavy atom. The highest BCUT2D eigenvalue weighted by atomic mass is 127. The minimum absolute atomic E-state index is 0.287. The van der Waals surface area contributed by atoms with E-state index < -0.39 is 0 Å². The van der Waals surface area contributed by atoms with E-state index in [1.807, 2.05) is 0 Å². The number of hydrogen-bond donors (Lipinski definition) is 1. The first-order valence-electron chi connectivity index (χ1n) is 5.09. The Morgan fingerprint density at radius 3 is 2.85 bits per heavy atom. The number of hydrogen-bond acceptors (Lipinski definition) is 1. The predicted molar refractivity (Wildman–Crippen MR) is 63.0 cm³/mol. The van der Waals surface area contributed by atoms with Crippen molar-refractivity contribution in [3.8, 4) is 0 Å². The maximum Gasteiger partial charge on any atom is 0.223 e. The molecule has 13 heavy (non-hydrogen) atoms. The summed E-state index contributed by atoms with van der Waals surface area (Å²) in [6.45, 7) is 3.04. The quantitative estimate of drug-likeness (QED) is 0.481. The smallest absolute Gasteiger partial charge is 0.223 e. The summed E-state index contributed by atoms with van der Waals surface area (Å²) in [5.41, 5.74) is 0. The second-order valence-corrected chi connectivity index (χ2v) is 4.93. The van der Waals surface area contributed by atoms with Crippen LogP contribution in [0.4, 0.5) is 0 Å². The van der Waals surface area contributed by atoms with Crippen molar-refractivity contribution in [2.45, 2.75) is 32.6 Å². The van der Waals surface area contributed by atoms with Gasteiger partial charge >= 0.3 is 0 Å². The van der Waals surface area contributed by atoms with Crippen LogP contribution >= 0.6 is 22.6 Å². The molecule has 0 heterocycles. The van der Waals surface area contributed by atoms with Gasteiger partial charge in [-0.15, -0.1) is 0 Å². The fourth-order valence-corrected chi connectivity index (χ4v) is 2.33. The minimum atomic E-state index is 0.287. The molecule has 1 saturated carbocycles. The molecular weight excluding hydrogens is 277 g/mol. The van der Waals surface area contributed by atoms with Crippen molar-refractivity contribution in [3.63, 3.8) is 0 Å². The molecule has 1 fully saturated rings. The number of carbonyl (C=O) groups is 1. The van der Waals surface area contributed by atoms with Crippen molar-refractivity contribution in [1.29, 1.82) is 0 Å². The average Bonchev–Trinajstić information content (AvgIpc) is 2.52. The fraction of sp³-hybridized carbons (Fsp3) is 0.900. The molecule has 2 unspecified atom stereocenters. The van der Waals surface area contributed by atoms with Crippen LogP contribution < -0.4 is 5.32 Å². The molecule has 2 atom stereocenters. The first-order chi connectivity index (χ1) is 6.25. The molecule has 0 aromatic rings. The zero-order valence-corrected chi connectivity index (χ0v) is 10.3. The molecule has 1 amide bonds. The molecular formula is C10H18INO. The molecule has 2 nitrogen and oxygen atoms in total. The highest BCUT2D eigenvalue weighted by Gasteiger charge is 2.28. The molecule has 0 bridgehead atoms. The second kappa shape index (κ2) is 5.83. The van der Waals surface area contributed by atoms with Gasteiger partial charge < -0.3 is 5.32 Å². The summed E-state index contributed by atoms with van der Waals surface area (Å²) >= 11 is 2.34. The monoisotopic (exact) mass is 295 g/mol. The van der Waals surface area contributed by atoms with Crippen molar-refractivity contribution in [2.24, 2.45) is 11.8 Å². The number of alkyl halides is 1. The zero-order valence-electron chi connectivity index (χ0n) is 8.18. The van der Waals surface area contributed by atoms with Gasteiger partial charge in [-0.05, 0) is 25.2 Å². The van der Waals surface area contributed by atoms with E-state index in [9.17, 15) is 4.79 Å². The number of rotatable bonds is 4. The molecule has 1 rings (SSSR count). The third-order valence-corrected chi connectivity index (χ3v) is 3.57. The second-order valence-electron chi connectivity index (χ2n) is 3.85. The van der Waals surface area contributed by atoms with E-state index in [1.54, 1.807) is 0 Å². The summed E-state index contributed by atoms with van der Waals surface area (Å²) in [7, 11) is 0. The lowest BCUT2D eigenvalue weighted by Crippen LogP contribution is -2.32. The van der Waals surface area contributed by atoms with Crippen LogP contribution in [0.5, 0.6) is 0 Å². The summed E-state index contributed by atoms with van der Waals surface area (Å²) in [4.78, 5) is 11.6. The van der Waals surface area contributed by atoms with E-state index in [0.717, 1.165) is 23.8 Å². The summed E-state index contributed by atoms with van der Waals surface area (Å²) in [6, 6.07) is 0. The van der Waals surface area contributed by atoms with Crippen molar-refractivity contribution >= 4 is 28.5 Å². The SMILES string of the molecule is CC1CCCC1C(=O)NCCCI. The minimum Gasteiger partial charge on any atom is -0.356 e. The topological polar surface area (TPSA) is 29.1 Å². The standard InChI is InChI=1S/C10H18INO/c1-8-4-2-5-9(8)10(13)12-7-3-6-11/h8-9H,2-7H2,1H3,(H,12,13). The summed E-state index contributed by atoms with van der Waals surface area (Å²) in [5.74, 6) is 1.18. The van der Waals surface area contributed by atoms with Gasteiger partial charge in [-0.2, -0.15) is 0 Å². The Bertz CT molecular complexity index is 172. The van der Waals surface area contributed by atoms with Gasteiger partial charge in [-0.25, -0.2) is 0 Å². The normalized spacial score (nSPS) is 27.5. The Kier molecular flexibility index (Phi) is 5.06. The Labute approximate surface area is 94.0 Å². The van der Waals surface area contributed by atoms with Crippen LogP contribution in [0.15, 0.2) is 0 Å². The number of amides is 1. The van der Waals surface area contributed by atoms with Crippen molar-refractivity contribution in [1.82, 2.24) is 5.32 Å². The largest absolute Gasteiger partial charge is 0.356 e. The third-order valence-electron chi connectivity index (χ3n) is 2.81. The summed E-state index contributed by atoms with van der Waals surface area (Å²) in [5, 5.41) is 3.01. The van der Waals surface area contributed by atoms with Crippen LogP contribution in [0, 0.1) is 11.8 Å². The van der Waals surface area contributed by atoms with E-state index in [1.165, 1.54) is 12.8 Å². The predicted octanol–water partition coefficient (Wildman–Crippen LogP) is 2.36. The Hall–Kier alpha value is 0.200. The Morgan fingerprint density at radius 2 is 2.31 bits per heavy atom. The van der Waals surface area contributed by atoms with E-state index >= 15 is 0 Å². The molecule has 0 radical (unpaired) electrons. The average molecular weight is 295 g/mol. The number of halogens is 1. The van der Waals surface area contributed by atoms with Crippen LogP contribution in [0.25, 0.3) is 0 Å². The molecule has 0 aliphatic heterocycles. The van der Waals surface area contributed by atoms with Crippen molar-refractivity contribution in [3.05, 3.63) is 0 Å². The summed E-state index contributed by atoms with van der Waals surface area (Å²) < 4.78 is 1.12. The maximum absolute atomic E-state index is 11.6. The molecule has 1 aliphatic carbocycles. The fourth-order valence-electron chi connectivity index (χ4n) is 1.94. The summed E-state index contributed by atoms with van der Waals surface area (Å²) in [6.07, 6.45) is 4.64. The Balaban J connectivity index is 2.22. The molecule has 0 spiro atoms. The maximum atomic E-state index is 11.6. The van der Waals surface area contributed by atoms with E-state index in [4.69, 9.17) is 0 Å². The lowest BCUT2D eigenvalue weighted by Gasteiger charge is -2.14. The van der Waals surface area contributed by atoms with E-state index in [2.05, 4.69) is 34.8 Å². The van der Waals surface area contributed by atoms with E-state index in [-0.39, 0.29) is 5.91 Å².